The van der Waals surface area contributed by atoms with Gasteiger partial charge in [-0.25, -0.2) is 19.2 Å². The van der Waals surface area contributed by atoms with Crippen LogP contribution in [0.3, 0.4) is 0 Å². The molecule has 2 fully saturated rings. The van der Waals surface area contributed by atoms with Gasteiger partial charge in [-0.05, 0) is 83.0 Å². The van der Waals surface area contributed by atoms with Crippen molar-refractivity contribution in [2.45, 2.75) is 62.4 Å². The van der Waals surface area contributed by atoms with Crippen LogP contribution in [0.15, 0.2) is 109 Å². The lowest BCUT2D eigenvalue weighted by Gasteiger charge is -2.24. The molecule has 10 nitrogen and oxygen atoms in total. The average Bonchev–Trinajstić information content (AvgIpc) is 4.04. The van der Waals surface area contributed by atoms with E-state index in [0.717, 1.165) is 44.5 Å². The Bertz CT molecular complexity index is 1890. The molecule has 288 valence electrons. The number of carbonyl (C=O) groups excluding carboxylic acids is 4. The third-order valence-corrected chi connectivity index (χ3v) is 11.4. The monoisotopic (exact) mass is 754 g/mol. The zero-order valence-corrected chi connectivity index (χ0v) is 31.3. The van der Waals surface area contributed by atoms with Crippen LogP contribution in [0, 0.1) is 0 Å². The Labute approximate surface area is 327 Å². The molecule has 2 aliphatic heterocycles. The second-order valence-corrected chi connectivity index (χ2v) is 14.7. The molecule has 2 amide bonds. The molecule has 0 N–H and O–H groups in total. The third-order valence-electron chi connectivity index (χ3n) is 11.4. The third kappa shape index (κ3) is 7.52. The van der Waals surface area contributed by atoms with Crippen molar-refractivity contribution in [3.63, 3.8) is 0 Å². The first-order valence-electron chi connectivity index (χ1n) is 19.7. The van der Waals surface area contributed by atoms with Gasteiger partial charge < -0.3 is 18.9 Å². The summed E-state index contributed by atoms with van der Waals surface area (Å²) in [7, 11) is 0. The molecular weight excluding hydrogens is 709 g/mol. The summed E-state index contributed by atoms with van der Waals surface area (Å²) in [4.78, 5) is 55.3. The topological polar surface area (TPSA) is 112 Å². The molecule has 4 aromatic rings. The van der Waals surface area contributed by atoms with Crippen LogP contribution in [-0.4, -0.2) is 85.5 Å². The van der Waals surface area contributed by atoms with Crippen molar-refractivity contribution in [3.05, 3.63) is 131 Å². The van der Waals surface area contributed by atoms with E-state index in [1.54, 1.807) is 0 Å². The van der Waals surface area contributed by atoms with Gasteiger partial charge >= 0.3 is 24.1 Å². The molecule has 0 radical (unpaired) electrons. The first-order valence-corrected chi connectivity index (χ1v) is 19.7. The zero-order chi connectivity index (χ0) is 38.4. The van der Waals surface area contributed by atoms with Crippen LogP contribution in [0.4, 0.5) is 9.59 Å². The highest BCUT2D eigenvalue weighted by Gasteiger charge is 2.39. The summed E-state index contributed by atoms with van der Waals surface area (Å²) in [6.45, 7) is 1.62. The number of amides is 2. The van der Waals surface area contributed by atoms with E-state index in [4.69, 9.17) is 18.9 Å². The van der Waals surface area contributed by atoms with E-state index in [1.165, 1.54) is 9.80 Å². The summed E-state index contributed by atoms with van der Waals surface area (Å²) >= 11 is 0. The molecule has 2 saturated heterocycles. The maximum atomic E-state index is 13.2. The van der Waals surface area contributed by atoms with Crippen LogP contribution in [0.2, 0.25) is 0 Å². The van der Waals surface area contributed by atoms with E-state index in [-0.39, 0.29) is 38.3 Å². The number of benzene rings is 4. The van der Waals surface area contributed by atoms with E-state index in [2.05, 4.69) is 48.5 Å². The van der Waals surface area contributed by atoms with Crippen LogP contribution in [0.1, 0.15) is 72.6 Å². The number of hydrogen-bond donors (Lipinski definition) is 0. The first kappa shape index (κ1) is 37.0. The van der Waals surface area contributed by atoms with E-state index < -0.39 is 36.2 Å². The summed E-state index contributed by atoms with van der Waals surface area (Å²) in [5.41, 5.74) is 9.17. The minimum absolute atomic E-state index is 0.0544. The van der Waals surface area contributed by atoms with Crippen LogP contribution in [-0.2, 0) is 28.5 Å². The second-order valence-electron chi connectivity index (χ2n) is 14.7. The summed E-state index contributed by atoms with van der Waals surface area (Å²) in [5.74, 6) is -0.977. The molecule has 2 atom stereocenters. The van der Waals surface area contributed by atoms with Gasteiger partial charge in [0.1, 0.15) is 25.3 Å². The number of nitrogens with zero attached hydrogens (tertiary/aromatic N) is 2. The van der Waals surface area contributed by atoms with Crippen LogP contribution >= 0.6 is 0 Å². The number of ether oxygens (including phenoxy) is 4. The van der Waals surface area contributed by atoms with Crippen molar-refractivity contribution in [2.24, 2.45) is 0 Å². The van der Waals surface area contributed by atoms with Crippen LogP contribution in [0.5, 0.6) is 0 Å². The summed E-state index contributed by atoms with van der Waals surface area (Å²) in [6, 6.07) is 31.4. The molecule has 0 spiro atoms. The average molecular weight is 755 g/mol. The van der Waals surface area contributed by atoms with Gasteiger partial charge in [0.2, 0.25) is 0 Å². The number of fused-ring (bicyclic) bond motifs is 6. The number of carbonyl (C=O) groups is 4. The van der Waals surface area contributed by atoms with E-state index in [1.807, 2.05) is 60.7 Å². The molecule has 0 bridgehead atoms. The number of esters is 2. The van der Waals surface area contributed by atoms with Gasteiger partial charge in [-0.3, -0.25) is 9.80 Å². The van der Waals surface area contributed by atoms with Crippen LogP contribution in [0.25, 0.3) is 22.3 Å². The maximum absolute atomic E-state index is 13.2. The minimum atomic E-state index is -0.669. The Hall–Kier alpha value is -5.90. The predicted molar refractivity (Wildman–Crippen MR) is 210 cm³/mol. The van der Waals surface area contributed by atoms with Crippen molar-refractivity contribution in [1.82, 2.24) is 9.80 Å². The van der Waals surface area contributed by atoms with Gasteiger partial charge in [0, 0.05) is 24.9 Å². The highest BCUT2D eigenvalue weighted by molar-refractivity contribution is 5.84. The van der Waals surface area contributed by atoms with Crippen molar-refractivity contribution < 1.29 is 38.1 Å². The van der Waals surface area contributed by atoms with E-state index >= 15 is 0 Å². The number of hydrogen-bond acceptors (Lipinski definition) is 8. The fourth-order valence-corrected chi connectivity index (χ4v) is 8.70. The first-order chi connectivity index (χ1) is 27.5. The largest absolute Gasteiger partial charge is 0.464 e. The molecule has 4 aromatic carbocycles. The van der Waals surface area contributed by atoms with Gasteiger partial charge in [0.05, 0.1) is 13.2 Å². The van der Waals surface area contributed by atoms with Gasteiger partial charge in [0.25, 0.3) is 0 Å². The Kier molecular flexibility index (Phi) is 11.1. The molecule has 10 heteroatoms. The van der Waals surface area contributed by atoms with Crippen molar-refractivity contribution in [3.8, 4) is 22.3 Å². The molecule has 2 aliphatic carbocycles. The fourth-order valence-electron chi connectivity index (χ4n) is 8.70. The quantitative estimate of drug-likeness (QED) is 0.0616. The molecule has 0 unspecified atom stereocenters. The smallest absolute Gasteiger partial charge is 0.410 e. The van der Waals surface area contributed by atoms with Gasteiger partial charge in [0.15, 0.2) is 0 Å². The lowest BCUT2D eigenvalue weighted by atomic mass is 9.98. The summed E-state index contributed by atoms with van der Waals surface area (Å²) < 4.78 is 22.7. The Morgan fingerprint density at radius 3 is 1.20 bits per heavy atom. The minimum Gasteiger partial charge on any atom is -0.464 e. The standard InChI is InChI=1S/C46H46N2O8/c49-43(41-23-13-25-47(41)45(51)55-29-39-35-19-7-3-15-31(35)32-16-4-8-20-36(32)39)53-27-11-1-2-12-28-54-44(50)42-24-14-26-48(42)46(52)56-30-40-37-21-9-5-17-33(37)34-18-6-10-22-38(34)40/h1-10,15-22,39-42H,11-14,23-30H2/b2-1+/t41-,42-/m0/s1. The second kappa shape index (κ2) is 16.9. The van der Waals surface area contributed by atoms with Crippen molar-refractivity contribution >= 4 is 24.1 Å². The van der Waals surface area contributed by atoms with Gasteiger partial charge in [-0.2, -0.15) is 0 Å². The number of likely N-dealkylation sites (tertiary alicyclic amines) is 2. The Morgan fingerprint density at radius 2 is 0.839 bits per heavy atom. The molecule has 56 heavy (non-hydrogen) atoms. The van der Waals surface area contributed by atoms with Gasteiger partial charge in [-0.1, -0.05) is 109 Å². The lowest BCUT2D eigenvalue weighted by Crippen LogP contribution is -2.42. The lowest BCUT2D eigenvalue weighted by molar-refractivity contribution is -0.149. The molecule has 8 rings (SSSR count). The SMILES string of the molecule is O=C(OCC/C=C/CCOC(=O)[C@@H]1CCCN1C(=O)OCC1c2ccccc2-c2ccccc21)[C@@H]1CCCN1C(=O)OCC1c2ccccc2-c2ccccc21. The normalized spacial score (nSPS) is 18.4. The van der Waals surface area contributed by atoms with Crippen molar-refractivity contribution in [2.75, 3.05) is 39.5 Å². The maximum Gasteiger partial charge on any atom is 0.410 e. The highest BCUT2D eigenvalue weighted by Crippen LogP contribution is 2.46. The zero-order valence-electron chi connectivity index (χ0n) is 31.3. The van der Waals surface area contributed by atoms with Crippen molar-refractivity contribution in [1.29, 1.82) is 0 Å². The predicted octanol–water partition coefficient (Wildman–Crippen LogP) is 8.24. The van der Waals surface area contributed by atoms with E-state index in [0.29, 0.717) is 51.6 Å². The molecule has 0 saturated carbocycles. The van der Waals surface area contributed by atoms with E-state index in [9.17, 15) is 19.2 Å². The molecule has 2 heterocycles. The summed E-state index contributed by atoms with van der Waals surface area (Å²) in [5, 5.41) is 0. The highest BCUT2D eigenvalue weighted by atomic mass is 16.6. The fraction of sp³-hybridized carbons (Fsp3) is 0.348. The van der Waals surface area contributed by atoms with Gasteiger partial charge in [-0.15, -0.1) is 0 Å². The molecule has 0 aromatic heterocycles. The number of rotatable bonds is 12. The Balaban J connectivity index is 0.733. The molecule has 4 aliphatic rings. The Morgan fingerprint density at radius 1 is 0.500 bits per heavy atom. The summed E-state index contributed by atoms with van der Waals surface area (Å²) in [6.07, 6.45) is 6.17. The van der Waals surface area contributed by atoms with Crippen LogP contribution < -0.4 is 0 Å². The molecular formula is C46H46N2O8.